The molecule has 0 aliphatic heterocycles. The Hall–Kier alpha value is -0.440. The first kappa shape index (κ1) is 13.6. The van der Waals surface area contributed by atoms with Crippen LogP contribution < -0.4 is 0 Å². The molecule has 1 saturated carbocycles. The molecule has 3 atom stereocenters. The summed E-state index contributed by atoms with van der Waals surface area (Å²) in [6, 6.07) is 0. The first-order chi connectivity index (χ1) is 7.41. The van der Waals surface area contributed by atoms with Crippen LogP contribution in [0, 0.1) is 17.8 Å². The average molecular weight is 249 g/mol. The van der Waals surface area contributed by atoms with Crippen LogP contribution in [0.1, 0.15) is 40.0 Å². The van der Waals surface area contributed by atoms with Gasteiger partial charge in [0.15, 0.2) is 0 Å². The van der Waals surface area contributed by atoms with Gasteiger partial charge in [0, 0.05) is 5.92 Å². The second kappa shape index (κ2) is 5.26. The minimum atomic E-state index is -1.21. The monoisotopic (exact) mass is 248 g/mol. The van der Waals surface area contributed by atoms with Crippen molar-refractivity contribution in [3.05, 3.63) is 0 Å². The summed E-state index contributed by atoms with van der Waals surface area (Å²) in [4.78, 5) is 10.8. The summed E-state index contributed by atoms with van der Waals surface area (Å²) in [6.07, 6.45) is 1.66. The number of hydrogen-bond acceptors (Lipinski definition) is 2. The average Bonchev–Trinajstić information content (AvgIpc) is 2.16. The fourth-order valence-corrected chi connectivity index (χ4v) is 3.35. The summed E-state index contributed by atoms with van der Waals surface area (Å²) in [7, 11) is 0. The lowest BCUT2D eigenvalue weighted by molar-refractivity contribution is -0.0876. The van der Waals surface area contributed by atoms with Crippen molar-refractivity contribution in [2.24, 2.45) is 17.8 Å². The van der Waals surface area contributed by atoms with Crippen molar-refractivity contribution in [2.45, 2.75) is 45.6 Å². The Bertz CT molecular complexity index is 255. The van der Waals surface area contributed by atoms with Crippen molar-refractivity contribution in [1.29, 1.82) is 0 Å². The van der Waals surface area contributed by atoms with Crippen molar-refractivity contribution in [3.8, 4) is 0 Å². The van der Waals surface area contributed by atoms with Crippen molar-refractivity contribution in [3.63, 3.8) is 0 Å². The number of carboxylic acid groups (broad SMARTS) is 1. The minimum absolute atomic E-state index is 0.234. The van der Waals surface area contributed by atoms with Gasteiger partial charge in [0.1, 0.15) is 5.60 Å². The Labute approximate surface area is 102 Å². The molecular weight excluding hydrogens is 228 g/mol. The molecule has 0 bridgehead atoms. The summed E-state index contributed by atoms with van der Waals surface area (Å²) in [5, 5.41) is 8.87. The zero-order chi connectivity index (χ0) is 12.3. The summed E-state index contributed by atoms with van der Waals surface area (Å²) in [5.74, 6) is 1.36. The van der Waals surface area contributed by atoms with E-state index in [-0.39, 0.29) is 11.8 Å². The van der Waals surface area contributed by atoms with E-state index >= 15 is 0 Å². The highest BCUT2D eigenvalue weighted by Gasteiger charge is 2.47. The Morgan fingerprint density at radius 1 is 1.56 bits per heavy atom. The van der Waals surface area contributed by atoms with Gasteiger partial charge < -0.3 is 9.84 Å². The SMILES string of the molecule is CC1CCC(C(C)C)C(CCl)(OC(=O)O)C1. The number of ether oxygens (including phenoxy) is 1. The molecule has 0 aromatic carbocycles. The largest absolute Gasteiger partial charge is 0.506 e. The third kappa shape index (κ3) is 2.82. The summed E-state index contributed by atoms with van der Waals surface area (Å²) in [5.41, 5.74) is -0.681. The highest BCUT2D eigenvalue weighted by molar-refractivity contribution is 6.18. The summed E-state index contributed by atoms with van der Waals surface area (Å²) >= 11 is 6.00. The molecule has 1 N–H and O–H groups in total. The molecule has 0 spiro atoms. The molecule has 3 unspecified atom stereocenters. The number of hydrogen-bond donors (Lipinski definition) is 1. The van der Waals surface area contributed by atoms with Gasteiger partial charge in [0.05, 0.1) is 5.88 Å². The number of rotatable bonds is 3. The smallest absolute Gasteiger partial charge is 0.450 e. The van der Waals surface area contributed by atoms with Crippen LogP contribution in [0.25, 0.3) is 0 Å². The van der Waals surface area contributed by atoms with E-state index in [1.54, 1.807) is 0 Å². The first-order valence-electron chi connectivity index (χ1n) is 5.89. The fraction of sp³-hybridized carbons (Fsp3) is 0.917. The minimum Gasteiger partial charge on any atom is -0.450 e. The van der Waals surface area contributed by atoms with Gasteiger partial charge in [-0.2, -0.15) is 0 Å². The molecule has 0 amide bonds. The fourth-order valence-electron chi connectivity index (χ4n) is 2.98. The molecule has 1 rings (SSSR count). The lowest BCUT2D eigenvalue weighted by Gasteiger charge is -2.45. The maximum atomic E-state index is 10.8. The van der Waals surface area contributed by atoms with Crippen LogP contribution in [0.2, 0.25) is 0 Å². The Balaban J connectivity index is 2.92. The quantitative estimate of drug-likeness (QED) is 0.611. The highest BCUT2D eigenvalue weighted by Crippen LogP contribution is 2.44. The van der Waals surface area contributed by atoms with E-state index in [0.717, 1.165) is 19.3 Å². The molecule has 0 aromatic rings. The molecule has 0 saturated heterocycles. The molecule has 1 aliphatic carbocycles. The molecule has 4 heteroatoms. The van der Waals surface area contributed by atoms with Gasteiger partial charge in [0.25, 0.3) is 0 Å². The first-order valence-corrected chi connectivity index (χ1v) is 6.42. The van der Waals surface area contributed by atoms with Crippen molar-refractivity contribution >= 4 is 17.8 Å². The molecule has 94 valence electrons. The van der Waals surface area contributed by atoms with E-state index in [4.69, 9.17) is 21.4 Å². The summed E-state index contributed by atoms with van der Waals surface area (Å²) in [6.45, 7) is 6.34. The molecular formula is C12H21ClO3. The zero-order valence-corrected chi connectivity index (χ0v) is 11.0. The van der Waals surface area contributed by atoms with E-state index in [1.807, 2.05) is 0 Å². The molecule has 0 heterocycles. The second-order valence-electron chi connectivity index (χ2n) is 5.30. The molecule has 3 nitrogen and oxygen atoms in total. The molecule has 1 fully saturated rings. The van der Waals surface area contributed by atoms with Crippen LogP contribution in [0.4, 0.5) is 4.79 Å². The van der Waals surface area contributed by atoms with Crippen LogP contribution in [-0.2, 0) is 4.74 Å². The van der Waals surface area contributed by atoms with E-state index < -0.39 is 11.8 Å². The number of alkyl halides is 1. The van der Waals surface area contributed by atoms with E-state index in [2.05, 4.69) is 20.8 Å². The standard InChI is InChI=1S/C12H21ClO3/c1-8(2)10-5-4-9(3)6-12(10,7-13)16-11(14)15/h8-10H,4-7H2,1-3H3,(H,14,15). The third-order valence-electron chi connectivity index (χ3n) is 3.66. The van der Waals surface area contributed by atoms with Crippen molar-refractivity contribution in [2.75, 3.05) is 5.88 Å². The predicted molar refractivity (Wildman–Crippen MR) is 63.9 cm³/mol. The van der Waals surface area contributed by atoms with E-state index in [9.17, 15) is 4.79 Å². The molecule has 16 heavy (non-hydrogen) atoms. The van der Waals surface area contributed by atoms with Gasteiger partial charge in [-0.05, 0) is 24.7 Å². The molecule has 0 radical (unpaired) electrons. The van der Waals surface area contributed by atoms with E-state index in [0.29, 0.717) is 11.8 Å². The second-order valence-corrected chi connectivity index (χ2v) is 5.57. The van der Waals surface area contributed by atoms with Gasteiger partial charge >= 0.3 is 6.16 Å². The highest BCUT2D eigenvalue weighted by atomic mass is 35.5. The van der Waals surface area contributed by atoms with E-state index in [1.165, 1.54) is 0 Å². The lowest BCUT2D eigenvalue weighted by Crippen LogP contribution is -2.50. The van der Waals surface area contributed by atoms with Crippen LogP contribution in [0.3, 0.4) is 0 Å². The third-order valence-corrected chi connectivity index (χ3v) is 4.11. The number of halogens is 1. The topological polar surface area (TPSA) is 46.5 Å². The van der Waals surface area contributed by atoms with Crippen molar-refractivity contribution < 1.29 is 14.6 Å². The summed E-state index contributed by atoms with van der Waals surface area (Å²) < 4.78 is 5.16. The molecule has 0 aromatic heterocycles. The van der Waals surface area contributed by atoms with Gasteiger partial charge in [0.2, 0.25) is 0 Å². The Morgan fingerprint density at radius 3 is 2.62 bits per heavy atom. The van der Waals surface area contributed by atoms with Gasteiger partial charge in [-0.1, -0.05) is 27.2 Å². The van der Waals surface area contributed by atoms with Crippen LogP contribution in [0.15, 0.2) is 0 Å². The maximum Gasteiger partial charge on any atom is 0.506 e. The number of carbonyl (C=O) groups is 1. The predicted octanol–water partition coefficient (Wildman–Crippen LogP) is 3.75. The van der Waals surface area contributed by atoms with Gasteiger partial charge in [-0.3, -0.25) is 0 Å². The molecule has 1 aliphatic rings. The maximum absolute atomic E-state index is 10.8. The zero-order valence-electron chi connectivity index (χ0n) is 10.2. The van der Waals surface area contributed by atoms with Gasteiger partial charge in [-0.25, -0.2) is 4.79 Å². The Morgan fingerprint density at radius 2 is 2.19 bits per heavy atom. The Kier molecular flexibility index (Phi) is 4.48. The van der Waals surface area contributed by atoms with Crippen molar-refractivity contribution in [1.82, 2.24) is 0 Å². The van der Waals surface area contributed by atoms with Gasteiger partial charge in [-0.15, -0.1) is 11.6 Å². The lowest BCUT2D eigenvalue weighted by atomic mass is 9.67. The van der Waals surface area contributed by atoms with Crippen LogP contribution in [0.5, 0.6) is 0 Å². The van der Waals surface area contributed by atoms with Crippen LogP contribution in [-0.4, -0.2) is 22.7 Å². The van der Waals surface area contributed by atoms with Crippen LogP contribution >= 0.6 is 11.6 Å². The normalized spacial score (nSPS) is 35.1.